The van der Waals surface area contributed by atoms with Gasteiger partial charge in [0.15, 0.2) is 0 Å². The smallest absolute Gasteiger partial charge is 0.350 e. The minimum absolute atomic E-state index is 0.0381. The molecule has 0 radical (unpaired) electrons. The highest BCUT2D eigenvalue weighted by atomic mass is 32.1. The van der Waals surface area contributed by atoms with E-state index in [0.717, 1.165) is 24.3 Å². The van der Waals surface area contributed by atoms with Crippen molar-refractivity contribution in [3.8, 4) is 0 Å². The van der Waals surface area contributed by atoms with Gasteiger partial charge in [-0.15, -0.1) is 11.3 Å². The molecule has 1 rings (SSSR count). The fourth-order valence-corrected chi connectivity index (χ4v) is 2.53. The molecule has 0 aliphatic carbocycles. The Morgan fingerprint density at radius 1 is 1.40 bits per heavy atom. The lowest BCUT2D eigenvalue weighted by Gasteiger charge is -2.03. The number of unbranched alkanes of at least 4 members (excludes halogenated alkanes) is 1. The molecule has 1 aromatic heterocycles. The van der Waals surface area contributed by atoms with Crippen molar-refractivity contribution in [1.29, 1.82) is 0 Å². The fourth-order valence-electron chi connectivity index (χ4n) is 1.53. The molecule has 0 aromatic carbocycles. The van der Waals surface area contributed by atoms with E-state index in [1.807, 2.05) is 0 Å². The molecule has 0 aliphatic rings. The number of ether oxygens (including phenoxy) is 1. The molecule has 0 saturated heterocycles. The van der Waals surface area contributed by atoms with Crippen molar-refractivity contribution in [2.45, 2.75) is 46.5 Å². The van der Waals surface area contributed by atoms with Gasteiger partial charge in [0.05, 0.1) is 17.3 Å². The Morgan fingerprint density at radius 3 is 2.70 bits per heavy atom. The topological polar surface area (TPSA) is 39.2 Å². The predicted molar refractivity (Wildman–Crippen MR) is 75.3 cm³/mol. The molecule has 1 aromatic rings. The maximum atomic E-state index is 12.2. The Balaban J connectivity index is 2.55. The van der Waals surface area contributed by atoms with Gasteiger partial charge in [0.25, 0.3) is 6.08 Å². The molecule has 0 bridgehead atoms. The second-order valence-corrected chi connectivity index (χ2v) is 5.64. The standard InChI is InChI=1S/C14H19F2NO2S/c1-4-5-6-11-17-10(3)12(20-11)14(18)19-8-7-9(2)13(15)16/h4-8H2,1-3H3. The third kappa shape index (κ3) is 5.00. The van der Waals surface area contributed by atoms with E-state index in [1.54, 1.807) is 6.92 Å². The molecule has 20 heavy (non-hydrogen) atoms. The maximum absolute atomic E-state index is 12.2. The summed E-state index contributed by atoms with van der Waals surface area (Å²) in [5.41, 5.74) is 0.595. The Morgan fingerprint density at radius 2 is 2.10 bits per heavy atom. The van der Waals surface area contributed by atoms with Crippen LogP contribution in [0, 0.1) is 6.92 Å². The number of rotatable bonds is 7. The lowest BCUT2D eigenvalue weighted by molar-refractivity contribution is 0.0512. The van der Waals surface area contributed by atoms with Crippen molar-refractivity contribution in [2.75, 3.05) is 6.61 Å². The summed E-state index contributed by atoms with van der Waals surface area (Å²) in [5, 5.41) is 0.919. The predicted octanol–water partition coefficient (Wildman–Crippen LogP) is 4.51. The first-order valence-corrected chi connectivity index (χ1v) is 7.41. The molecule has 0 aliphatic heterocycles. The summed E-state index contributed by atoms with van der Waals surface area (Å²) in [6, 6.07) is 0. The van der Waals surface area contributed by atoms with Crippen molar-refractivity contribution in [1.82, 2.24) is 4.98 Å². The molecule has 0 spiro atoms. The Hall–Kier alpha value is -1.30. The Kier molecular flexibility index (Phi) is 6.78. The van der Waals surface area contributed by atoms with Gasteiger partial charge in [0.1, 0.15) is 4.88 Å². The minimum atomic E-state index is -1.71. The number of esters is 1. The summed E-state index contributed by atoms with van der Waals surface area (Å²) in [7, 11) is 0. The van der Waals surface area contributed by atoms with Crippen LogP contribution in [-0.4, -0.2) is 17.6 Å². The van der Waals surface area contributed by atoms with Gasteiger partial charge in [-0.2, -0.15) is 8.78 Å². The highest BCUT2D eigenvalue weighted by Gasteiger charge is 2.16. The van der Waals surface area contributed by atoms with Crippen LogP contribution in [0.3, 0.4) is 0 Å². The normalized spacial score (nSPS) is 10.4. The lowest BCUT2D eigenvalue weighted by Crippen LogP contribution is -2.06. The fraction of sp³-hybridized carbons (Fsp3) is 0.571. The average molecular weight is 303 g/mol. The molecule has 0 fully saturated rings. The van der Waals surface area contributed by atoms with Crippen LogP contribution in [-0.2, 0) is 11.2 Å². The number of carbonyl (C=O) groups is 1. The van der Waals surface area contributed by atoms with E-state index in [1.165, 1.54) is 18.3 Å². The van der Waals surface area contributed by atoms with Crippen molar-refractivity contribution in [3.05, 3.63) is 27.2 Å². The van der Waals surface area contributed by atoms with Gasteiger partial charge in [0.2, 0.25) is 0 Å². The molecule has 0 unspecified atom stereocenters. The number of aryl methyl sites for hydroxylation is 2. The number of hydrogen-bond donors (Lipinski definition) is 0. The molecule has 3 nitrogen and oxygen atoms in total. The molecule has 0 saturated carbocycles. The second kappa shape index (κ2) is 8.09. The molecular weight excluding hydrogens is 284 g/mol. The number of halogens is 2. The monoisotopic (exact) mass is 303 g/mol. The van der Waals surface area contributed by atoms with Crippen molar-refractivity contribution in [3.63, 3.8) is 0 Å². The Bertz CT molecular complexity index is 493. The first-order valence-electron chi connectivity index (χ1n) is 6.59. The zero-order chi connectivity index (χ0) is 15.1. The first kappa shape index (κ1) is 16.8. The van der Waals surface area contributed by atoms with Gasteiger partial charge in [-0.05, 0) is 32.3 Å². The van der Waals surface area contributed by atoms with E-state index in [9.17, 15) is 13.6 Å². The summed E-state index contributed by atoms with van der Waals surface area (Å²) < 4.78 is 29.4. The number of nitrogens with zero attached hydrogens (tertiary/aromatic N) is 1. The molecule has 0 amide bonds. The van der Waals surface area contributed by atoms with Gasteiger partial charge in [-0.1, -0.05) is 13.3 Å². The second-order valence-electron chi connectivity index (χ2n) is 4.55. The van der Waals surface area contributed by atoms with Crippen LogP contribution in [0.4, 0.5) is 8.78 Å². The van der Waals surface area contributed by atoms with Gasteiger partial charge in [0, 0.05) is 6.42 Å². The van der Waals surface area contributed by atoms with E-state index in [0.29, 0.717) is 10.6 Å². The third-order valence-corrected chi connectivity index (χ3v) is 4.00. The molecule has 112 valence electrons. The maximum Gasteiger partial charge on any atom is 0.350 e. The van der Waals surface area contributed by atoms with E-state index >= 15 is 0 Å². The SMILES string of the molecule is CCCCc1nc(C)c(C(=O)OCCC(C)=C(F)F)s1. The van der Waals surface area contributed by atoms with Gasteiger partial charge in [-0.3, -0.25) is 0 Å². The summed E-state index contributed by atoms with van der Waals surface area (Å²) >= 11 is 1.33. The number of aromatic nitrogens is 1. The van der Waals surface area contributed by atoms with Crippen LogP contribution < -0.4 is 0 Å². The number of carbonyl (C=O) groups excluding carboxylic acids is 1. The number of hydrogen-bond acceptors (Lipinski definition) is 4. The van der Waals surface area contributed by atoms with E-state index in [4.69, 9.17) is 4.74 Å². The molecule has 0 atom stereocenters. The summed E-state index contributed by atoms with van der Waals surface area (Å²) in [6.07, 6.45) is 1.29. The zero-order valence-electron chi connectivity index (χ0n) is 12.0. The van der Waals surface area contributed by atoms with E-state index < -0.39 is 12.0 Å². The van der Waals surface area contributed by atoms with Crippen LogP contribution in [0.25, 0.3) is 0 Å². The van der Waals surface area contributed by atoms with Crippen molar-refractivity contribution in [2.24, 2.45) is 0 Å². The quantitative estimate of drug-likeness (QED) is 0.696. The highest BCUT2D eigenvalue weighted by Crippen LogP contribution is 2.21. The molecular formula is C14H19F2NO2S. The average Bonchev–Trinajstić information content (AvgIpc) is 2.77. The van der Waals surface area contributed by atoms with Gasteiger partial charge in [-0.25, -0.2) is 9.78 Å². The Labute approximate surface area is 121 Å². The first-order chi connectivity index (χ1) is 9.45. The summed E-state index contributed by atoms with van der Waals surface area (Å²) in [5.74, 6) is -0.477. The van der Waals surface area contributed by atoms with Gasteiger partial charge < -0.3 is 4.74 Å². The van der Waals surface area contributed by atoms with Crippen LogP contribution in [0.2, 0.25) is 0 Å². The van der Waals surface area contributed by atoms with Crippen LogP contribution in [0.1, 0.15) is 53.5 Å². The third-order valence-electron chi connectivity index (χ3n) is 2.80. The molecule has 1 heterocycles. The van der Waals surface area contributed by atoms with E-state index in [2.05, 4.69) is 11.9 Å². The number of thiazole rings is 1. The largest absolute Gasteiger partial charge is 0.461 e. The van der Waals surface area contributed by atoms with Crippen LogP contribution in [0.15, 0.2) is 11.7 Å². The summed E-state index contributed by atoms with van der Waals surface area (Å²) in [6.45, 7) is 5.14. The zero-order valence-corrected chi connectivity index (χ0v) is 12.8. The molecule has 0 N–H and O–H groups in total. The van der Waals surface area contributed by atoms with Gasteiger partial charge >= 0.3 is 5.97 Å². The van der Waals surface area contributed by atoms with Crippen molar-refractivity contribution < 1.29 is 18.3 Å². The minimum Gasteiger partial charge on any atom is -0.461 e. The summed E-state index contributed by atoms with van der Waals surface area (Å²) in [4.78, 5) is 16.6. The van der Waals surface area contributed by atoms with Crippen LogP contribution >= 0.6 is 11.3 Å². The molecule has 6 heteroatoms. The lowest BCUT2D eigenvalue weighted by atomic mass is 10.2. The van der Waals surface area contributed by atoms with Crippen LogP contribution in [0.5, 0.6) is 0 Å². The highest BCUT2D eigenvalue weighted by molar-refractivity contribution is 7.13. The van der Waals surface area contributed by atoms with E-state index in [-0.39, 0.29) is 18.6 Å². The van der Waals surface area contributed by atoms with Crippen molar-refractivity contribution >= 4 is 17.3 Å².